The van der Waals surface area contributed by atoms with Gasteiger partial charge in [0, 0.05) is 18.0 Å². The number of benzene rings is 1. The van der Waals surface area contributed by atoms with Gasteiger partial charge < -0.3 is 4.90 Å². The van der Waals surface area contributed by atoms with Gasteiger partial charge in [-0.3, -0.25) is 9.59 Å². The van der Waals surface area contributed by atoms with E-state index < -0.39 is 0 Å². The van der Waals surface area contributed by atoms with Crippen molar-refractivity contribution < 1.29 is 4.79 Å². The third kappa shape index (κ3) is 2.10. The molecular weight excluding hydrogens is 302 g/mol. The van der Waals surface area contributed by atoms with Crippen LogP contribution >= 0.6 is 0 Å². The van der Waals surface area contributed by atoms with E-state index in [1.54, 1.807) is 6.07 Å². The summed E-state index contributed by atoms with van der Waals surface area (Å²) in [5, 5.41) is 7.83. The van der Waals surface area contributed by atoms with Gasteiger partial charge >= 0.3 is 0 Å². The van der Waals surface area contributed by atoms with Gasteiger partial charge in [-0.2, -0.15) is 5.10 Å². The maximum atomic E-state index is 13.3. The minimum absolute atomic E-state index is 0.0133. The Morgan fingerprint density at radius 2 is 1.67 bits per heavy atom. The zero-order valence-corrected chi connectivity index (χ0v) is 13.6. The third-order valence-electron chi connectivity index (χ3n) is 6.27. The summed E-state index contributed by atoms with van der Waals surface area (Å²) >= 11 is 0. The first-order valence-electron chi connectivity index (χ1n) is 8.97. The quantitative estimate of drug-likeness (QED) is 0.877. The number of fused-ring (bicyclic) bond motifs is 2. The SMILES string of the molecule is O=C(c1n[nH]c(=O)c2ccccc12)N1CC2CC3CC(C2)CC1C3. The van der Waals surface area contributed by atoms with Gasteiger partial charge in [0.2, 0.25) is 0 Å². The van der Waals surface area contributed by atoms with E-state index in [2.05, 4.69) is 15.1 Å². The average Bonchev–Trinajstić information content (AvgIpc) is 2.78. The van der Waals surface area contributed by atoms with E-state index in [-0.39, 0.29) is 11.5 Å². The van der Waals surface area contributed by atoms with Crippen LogP contribution in [0, 0.1) is 17.8 Å². The fraction of sp³-hybridized carbons (Fsp3) is 0.526. The molecule has 4 aliphatic rings. The van der Waals surface area contributed by atoms with Crippen molar-refractivity contribution in [1.82, 2.24) is 15.1 Å². The molecule has 1 amide bonds. The van der Waals surface area contributed by atoms with Gasteiger partial charge in [0.1, 0.15) is 0 Å². The molecule has 5 nitrogen and oxygen atoms in total. The molecule has 3 heterocycles. The maximum absolute atomic E-state index is 13.3. The number of H-pyrrole nitrogens is 1. The molecule has 1 aromatic heterocycles. The lowest BCUT2D eigenvalue weighted by Gasteiger charge is -2.38. The molecule has 124 valence electrons. The molecule has 6 rings (SSSR count). The van der Waals surface area contributed by atoms with E-state index >= 15 is 0 Å². The molecule has 0 radical (unpaired) electrons. The van der Waals surface area contributed by atoms with Gasteiger partial charge in [-0.05, 0) is 55.9 Å². The summed E-state index contributed by atoms with van der Waals surface area (Å²) in [5.41, 5.74) is 0.157. The van der Waals surface area contributed by atoms with Crippen LogP contribution in [0.3, 0.4) is 0 Å². The van der Waals surface area contributed by atoms with E-state index in [1.165, 1.54) is 19.3 Å². The second kappa shape index (κ2) is 5.16. The van der Waals surface area contributed by atoms with Crippen molar-refractivity contribution in [1.29, 1.82) is 0 Å². The molecule has 5 heteroatoms. The first-order valence-corrected chi connectivity index (χ1v) is 8.97. The van der Waals surface area contributed by atoms with Crippen molar-refractivity contribution in [2.24, 2.45) is 17.8 Å². The Labute approximate surface area is 140 Å². The van der Waals surface area contributed by atoms with Crippen LogP contribution in [0.5, 0.6) is 0 Å². The molecule has 2 saturated carbocycles. The van der Waals surface area contributed by atoms with Crippen molar-refractivity contribution in [2.45, 2.75) is 38.1 Å². The fourth-order valence-corrected chi connectivity index (χ4v) is 5.45. The minimum Gasteiger partial charge on any atom is -0.334 e. The molecule has 0 spiro atoms. The number of aromatic amines is 1. The number of rotatable bonds is 1. The first kappa shape index (κ1) is 14.2. The third-order valence-corrected chi connectivity index (χ3v) is 6.27. The zero-order valence-electron chi connectivity index (χ0n) is 13.6. The van der Waals surface area contributed by atoms with Crippen molar-refractivity contribution in [3.8, 4) is 0 Å². The Bertz CT molecular complexity index is 860. The number of carbonyl (C=O) groups excluding carboxylic acids is 1. The summed E-state index contributed by atoms with van der Waals surface area (Å²) < 4.78 is 0. The fourth-order valence-electron chi connectivity index (χ4n) is 5.45. The predicted molar refractivity (Wildman–Crippen MR) is 90.7 cm³/mol. The number of nitrogens with zero attached hydrogens (tertiary/aromatic N) is 2. The van der Waals surface area contributed by atoms with Gasteiger partial charge in [0.25, 0.3) is 11.5 Å². The normalized spacial score (nSPS) is 31.4. The zero-order chi connectivity index (χ0) is 16.3. The summed E-state index contributed by atoms with van der Waals surface area (Å²) in [5.74, 6) is 2.22. The average molecular weight is 323 g/mol. The molecule has 2 aliphatic carbocycles. The van der Waals surface area contributed by atoms with Gasteiger partial charge in [0.15, 0.2) is 5.69 Å². The van der Waals surface area contributed by atoms with Crippen LogP contribution in [0.1, 0.15) is 42.6 Å². The molecule has 2 unspecified atom stereocenters. The van der Waals surface area contributed by atoms with Crippen molar-refractivity contribution in [2.75, 3.05) is 6.54 Å². The number of nitrogens with one attached hydrogen (secondary N) is 1. The highest BCUT2D eigenvalue weighted by Gasteiger charge is 2.44. The van der Waals surface area contributed by atoms with E-state index in [0.717, 1.165) is 31.2 Å². The van der Waals surface area contributed by atoms with Crippen molar-refractivity contribution in [3.63, 3.8) is 0 Å². The van der Waals surface area contributed by atoms with Crippen LogP contribution in [0.4, 0.5) is 0 Å². The van der Waals surface area contributed by atoms with Gasteiger partial charge in [-0.1, -0.05) is 18.2 Å². The molecule has 2 saturated heterocycles. The lowest BCUT2D eigenvalue weighted by molar-refractivity contribution is 0.0628. The highest BCUT2D eigenvalue weighted by molar-refractivity contribution is 6.04. The Morgan fingerprint density at radius 3 is 2.42 bits per heavy atom. The van der Waals surface area contributed by atoms with Gasteiger partial charge in [-0.15, -0.1) is 0 Å². The molecule has 4 fully saturated rings. The van der Waals surface area contributed by atoms with Crippen molar-refractivity contribution >= 4 is 16.7 Å². The van der Waals surface area contributed by atoms with Crippen LogP contribution in [0.25, 0.3) is 10.8 Å². The highest BCUT2D eigenvalue weighted by Crippen LogP contribution is 2.47. The van der Waals surface area contributed by atoms with E-state index in [0.29, 0.717) is 28.4 Å². The van der Waals surface area contributed by atoms with E-state index in [9.17, 15) is 9.59 Å². The van der Waals surface area contributed by atoms with Gasteiger partial charge in [-0.25, -0.2) is 5.10 Å². The summed E-state index contributed by atoms with van der Waals surface area (Å²) in [6, 6.07) is 7.60. The number of aromatic nitrogens is 2. The number of hydrogen-bond acceptors (Lipinski definition) is 3. The van der Waals surface area contributed by atoms with E-state index in [1.807, 2.05) is 18.2 Å². The molecule has 4 bridgehead atoms. The Morgan fingerprint density at radius 1 is 1.00 bits per heavy atom. The number of amides is 1. The van der Waals surface area contributed by atoms with Crippen LogP contribution in [0.15, 0.2) is 29.1 Å². The first-order chi connectivity index (χ1) is 11.7. The molecule has 24 heavy (non-hydrogen) atoms. The Hall–Kier alpha value is -2.17. The smallest absolute Gasteiger partial charge is 0.275 e. The second-order valence-corrected chi connectivity index (χ2v) is 7.83. The number of hydrogen-bond donors (Lipinski definition) is 1. The number of carbonyl (C=O) groups is 1. The molecular formula is C19H21N3O2. The second-order valence-electron chi connectivity index (χ2n) is 7.83. The molecule has 2 aliphatic heterocycles. The lowest BCUT2D eigenvalue weighted by Crippen LogP contribution is -2.42. The Balaban J connectivity index is 1.57. The standard InChI is InChI=1S/C19H21N3O2/c23-18-16-4-2-1-3-15(16)17(20-21-18)19(24)22-10-13-6-11-5-12(7-13)9-14(22)8-11/h1-4,11-14H,5-10H2,(H,21,23). The van der Waals surface area contributed by atoms with Gasteiger partial charge in [0.05, 0.1) is 5.39 Å². The predicted octanol–water partition coefficient (Wildman–Crippen LogP) is 2.57. The van der Waals surface area contributed by atoms with E-state index in [4.69, 9.17) is 0 Å². The van der Waals surface area contributed by atoms with Crippen LogP contribution in [-0.2, 0) is 0 Å². The summed E-state index contributed by atoms with van der Waals surface area (Å²) in [4.78, 5) is 27.3. The van der Waals surface area contributed by atoms with Crippen molar-refractivity contribution in [3.05, 3.63) is 40.3 Å². The largest absolute Gasteiger partial charge is 0.334 e. The molecule has 1 aromatic carbocycles. The molecule has 2 atom stereocenters. The minimum atomic E-state index is -0.238. The Kier molecular flexibility index (Phi) is 3.05. The monoisotopic (exact) mass is 323 g/mol. The van der Waals surface area contributed by atoms with Crippen LogP contribution in [-0.4, -0.2) is 33.6 Å². The topological polar surface area (TPSA) is 66.1 Å². The molecule has 1 N–H and O–H groups in total. The summed E-state index contributed by atoms with van der Waals surface area (Å²) in [6.45, 7) is 0.853. The molecule has 2 aromatic rings. The maximum Gasteiger partial charge on any atom is 0.275 e. The summed E-state index contributed by atoms with van der Waals surface area (Å²) in [6.07, 6.45) is 6.18. The van der Waals surface area contributed by atoms with Crippen LogP contribution in [0.2, 0.25) is 0 Å². The van der Waals surface area contributed by atoms with Crippen LogP contribution < -0.4 is 5.56 Å². The summed E-state index contributed by atoms with van der Waals surface area (Å²) in [7, 11) is 0. The highest BCUT2D eigenvalue weighted by atomic mass is 16.2. The lowest BCUT2D eigenvalue weighted by atomic mass is 9.68.